The fourth-order valence-electron chi connectivity index (χ4n) is 5.10. The van der Waals surface area contributed by atoms with E-state index in [-0.39, 0.29) is 6.04 Å². The van der Waals surface area contributed by atoms with Gasteiger partial charge in [0.1, 0.15) is 23.0 Å². The molecule has 0 fully saturated rings. The molecule has 3 aromatic rings. The molecular formula is C35H31N2O3+. The molecule has 0 radical (unpaired) electrons. The van der Waals surface area contributed by atoms with Gasteiger partial charge in [0.05, 0.1) is 26.4 Å². The van der Waals surface area contributed by atoms with E-state index in [9.17, 15) is 0 Å². The second kappa shape index (κ2) is 11.1. The molecule has 3 aromatic carbocycles. The molecule has 1 atom stereocenters. The van der Waals surface area contributed by atoms with Crippen LogP contribution in [0.1, 0.15) is 36.1 Å². The van der Waals surface area contributed by atoms with Crippen molar-refractivity contribution < 1.29 is 18.9 Å². The van der Waals surface area contributed by atoms with Crippen LogP contribution in [0.5, 0.6) is 11.5 Å². The van der Waals surface area contributed by atoms with Crippen molar-refractivity contribution >= 4 is 22.9 Å². The summed E-state index contributed by atoms with van der Waals surface area (Å²) in [5, 5.41) is 4.87. The third kappa shape index (κ3) is 5.19. The SMILES string of the molecule is COc1ccc(C2=CC(=C3C=CC(=[N+]4N=C(C)CC4c4ccccc4)C=C3)C=C(c3ccc(OC)cc3)O2)cc1. The number of rotatable bonds is 5. The maximum Gasteiger partial charge on any atom is 0.232 e. The van der Waals surface area contributed by atoms with Crippen LogP contribution in [-0.2, 0) is 4.74 Å². The monoisotopic (exact) mass is 527 g/mol. The normalized spacial score (nSPS) is 18.3. The smallest absolute Gasteiger partial charge is 0.232 e. The van der Waals surface area contributed by atoms with Crippen LogP contribution < -0.4 is 9.47 Å². The molecule has 40 heavy (non-hydrogen) atoms. The summed E-state index contributed by atoms with van der Waals surface area (Å²) in [6.07, 6.45) is 13.7. The lowest BCUT2D eigenvalue weighted by Gasteiger charge is -2.20. The zero-order chi connectivity index (χ0) is 27.5. The highest BCUT2D eigenvalue weighted by molar-refractivity contribution is 6.03. The van der Waals surface area contributed by atoms with Gasteiger partial charge in [0.2, 0.25) is 11.8 Å². The molecule has 0 amide bonds. The van der Waals surface area contributed by atoms with E-state index in [1.807, 2.05) is 48.5 Å². The first-order valence-electron chi connectivity index (χ1n) is 13.4. The van der Waals surface area contributed by atoms with Crippen molar-refractivity contribution in [3.63, 3.8) is 0 Å². The number of methoxy groups -OCH3 is 2. The Balaban J connectivity index is 1.39. The lowest BCUT2D eigenvalue weighted by Crippen LogP contribution is -2.17. The first-order valence-corrected chi connectivity index (χ1v) is 13.4. The van der Waals surface area contributed by atoms with E-state index in [1.54, 1.807) is 14.2 Å². The summed E-state index contributed by atoms with van der Waals surface area (Å²) in [7, 11) is 3.34. The van der Waals surface area contributed by atoms with Crippen LogP contribution in [0.3, 0.4) is 0 Å². The minimum atomic E-state index is 0.200. The summed E-state index contributed by atoms with van der Waals surface area (Å²) in [4.78, 5) is 0. The molecule has 1 aliphatic carbocycles. The Morgan fingerprint density at radius 1 is 0.700 bits per heavy atom. The van der Waals surface area contributed by atoms with Gasteiger partial charge in [-0.05, 0) is 96.0 Å². The molecule has 198 valence electrons. The molecule has 6 rings (SSSR count). The number of hydrogen-bond acceptors (Lipinski definition) is 4. The molecule has 0 spiro atoms. The molecule has 2 heterocycles. The molecule has 0 saturated carbocycles. The maximum absolute atomic E-state index is 6.43. The fraction of sp³-hybridized carbons (Fsp3) is 0.143. The number of benzene rings is 3. The van der Waals surface area contributed by atoms with Crippen molar-refractivity contribution in [1.82, 2.24) is 0 Å². The van der Waals surface area contributed by atoms with Gasteiger partial charge in [-0.2, -0.15) is 0 Å². The largest absolute Gasteiger partial charge is 0.497 e. The van der Waals surface area contributed by atoms with Crippen molar-refractivity contribution in [3.8, 4) is 11.5 Å². The average molecular weight is 528 g/mol. The molecule has 5 nitrogen and oxygen atoms in total. The van der Waals surface area contributed by atoms with Crippen molar-refractivity contribution in [1.29, 1.82) is 0 Å². The Labute approximate surface area is 235 Å². The quantitative estimate of drug-likeness (QED) is 0.323. The molecular weight excluding hydrogens is 496 g/mol. The van der Waals surface area contributed by atoms with Gasteiger partial charge in [-0.15, -0.1) is 0 Å². The number of ether oxygens (including phenoxy) is 3. The van der Waals surface area contributed by atoms with Gasteiger partial charge in [-0.3, -0.25) is 0 Å². The summed E-state index contributed by atoms with van der Waals surface area (Å²) < 4.78 is 19.3. The molecule has 3 aliphatic rings. The highest BCUT2D eigenvalue weighted by Crippen LogP contribution is 2.35. The molecule has 2 aliphatic heterocycles. The van der Waals surface area contributed by atoms with Crippen LogP contribution in [0.15, 0.2) is 132 Å². The number of hydrazone groups is 1. The van der Waals surface area contributed by atoms with Gasteiger partial charge < -0.3 is 14.2 Å². The first-order chi connectivity index (χ1) is 19.6. The average Bonchev–Trinajstić information content (AvgIpc) is 3.43. The molecule has 0 saturated heterocycles. The Kier molecular flexibility index (Phi) is 7.02. The van der Waals surface area contributed by atoms with Gasteiger partial charge in [-0.1, -0.05) is 35.0 Å². The van der Waals surface area contributed by atoms with E-state index < -0.39 is 0 Å². The van der Waals surface area contributed by atoms with Crippen molar-refractivity contribution in [2.45, 2.75) is 19.4 Å². The van der Waals surface area contributed by atoms with E-state index in [0.29, 0.717) is 0 Å². The van der Waals surface area contributed by atoms with Gasteiger partial charge in [-0.25, -0.2) is 0 Å². The van der Waals surface area contributed by atoms with Crippen LogP contribution in [0, 0.1) is 0 Å². The van der Waals surface area contributed by atoms with E-state index in [0.717, 1.165) is 63.1 Å². The van der Waals surface area contributed by atoms with Gasteiger partial charge in [0.15, 0.2) is 0 Å². The maximum atomic E-state index is 6.43. The highest BCUT2D eigenvalue weighted by Gasteiger charge is 2.33. The molecule has 0 N–H and O–H groups in total. The number of allylic oxidation sites excluding steroid dienone is 8. The van der Waals surface area contributed by atoms with E-state index >= 15 is 0 Å². The van der Waals surface area contributed by atoms with Crippen LogP contribution >= 0.6 is 0 Å². The van der Waals surface area contributed by atoms with E-state index in [4.69, 9.17) is 19.3 Å². The van der Waals surface area contributed by atoms with Gasteiger partial charge in [0, 0.05) is 28.8 Å². The zero-order valence-electron chi connectivity index (χ0n) is 22.9. The van der Waals surface area contributed by atoms with Gasteiger partial charge >= 0.3 is 0 Å². The topological polar surface area (TPSA) is 43.1 Å². The summed E-state index contributed by atoms with van der Waals surface area (Å²) in [6, 6.07) is 26.6. The second-order valence-corrected chi connectivity index (χ2v) is 9.89. The van der Waals surface area contributed by atoms with E-state index in [2.05, 4.69) is 78.4 Å². The minimum Gasteiger partial charge on any atom is -0.497 e. The first kappa shape index (κ1) is 25.4. The van der Waals surface area contributed by atoms with Crippen molar-refractivity contribution in [2.24, 2.45) is 5.10 Å². The Bertz CT molecular complexity index is 1550. The lowest BCUT2D eigenvalue weighted by atomic mass is 9.97. The zero-order valence-corrected chi connectivity index (χ0v) is 22.9. The van der Waals surface area contributed by atoms with E-state index in [1.165, 1.54) is 5.56 Å². The number of nitrogens with zero attached hydrogens (tertiary/aromatic N) is 2. The standard InChI is InChI=1S/C35H31N2O3/c1-24-21-33(26-7-5-4-6-8-26)37(36-24)30-15-9-25(10-16-30)29-22-34(27-11-17-31(38-2)18-12-27)40-35(23-29)28-13-19-32(39-3)20-14-28/h4-20,22-23,33H,21H2,1-3H3/q+1. The van der Waals surface area contributed by atoms with Crippen LogP contribution in [0.25, 0.3) is 11.5 Å². The molecule has 1 unspecified atom stereocenters. The molecule has 0 bridgehead atoms. The van der Waals surface area contributed by atoms with Crippen molar-refractivity contribution in [2.75, 3.05) is 14.2 Å². The molecule has 0 aromatic heterocycles. The Morgan fingerprint density at radius 2 is 1.25 bits per heavy atom. The highest BCUT2D eigenvalue weighted by atomic mass is 16.5. The van der Waals surface area contributed by atoms with Crippen LogP contribution in [0.2, 0.25) is 0 Å². The minimum absolute atomic E-state index is 0.200. The Morgan fingerprint density at radius 3 is 1.77 bits per heavy atom. The van der Waals surface area contributed by atoms with Crippen molar-refractivity contribution in [3.05, 3.63) is 143 Å². The summed E-state index contributed by atoms with van der Waals surface area (Å²) in [5.41, 5.74) is 7.58. The van der Waals surface area contributed by atoms with Gasteiger partial charge in [0.25, 0.3) is 0 Å². The second-order valence-electron chi connectivity index (χ2n) is 9.89. The fourth-order valence-corrected chi connectivity index (χ4v) is 5.10. The third-order valence-electron chi connectivity index (χ3n) is 7.25. The Hall–Kier alpha value is -4.90. The summed E-state index contributed by atoms with van der Waals surface area (Å²) >= 11 is 0. The lowest BCUT2D eigenvalue weighted by molar-refractivity contribution is -0.566. The summed E-state index contributed by atoms with van der Waals surface area (Å²) in [6.45, 7) is 2.10. The number of hydrogen-bond donors (Lipinski definition) is 0. The third-order valence-corrected chi connectivity index (χ3v) is 7.25. The summed E-state index contributed by atoms with van der Waals surface area (Å²) in [5.74, 6) is 3.16. The predicted molar refractivity (Wildman–Crippen MR) is 161 cm³/mol. The predicted octanol–water partition coefficient (Wildman–Crippen LogP) is 7.51. The van der Waals surface area contributed by atoms with Crippen LogP contribution in [0.4, 0.5) is 0 Å². The van der Waals surface area contributed by atoms with Crippen LogP contribution in [-0.4, -0.2) is 30.3 Å². The molecule has 5 heteroatoms.